The second-order valence-electron chi connectivity index (χ2n) is 5.30. The molecule has 104 valence electrons. The van der Waals surface area contributed by atoms with Crippen LogP contribution in [-0.2, 0) is 0 Å². The third kappa shape index (κ3) is 2.20. The first-order chi connectivity index (χ1) is 9.18. The first-order valence-corrected chi connectivity index (χ1v) is 7.76. The van der Waals surface area contributed by atoms with Gasteiger partial charge >= 0.3 is 0 Å². The van der Waals surface area contributed by atoms with Gasteiger partial charge in [-0.1, -0.05) is 0 Å². The molecule has 3 heterocycles. The zero-order chi connectivity index (χ0) is 13.4. The molecule has 3 rings (SSSR count). The Hall–Kier alpha value is -1.23. The van der Waals surface area contributed by atoms with E-state index in [4.69, 9.17) is 9.47 Å². The number of carbonyl (C=O) groups excluding carboxylic acids is 1. The summed E-state index contributed by atoms with van der Waals surface area (Å²) in [5.74, 6) is 1.46. The maximum absolute atomic E-state index is 12.8. The number of likely N-dealkylation sites (tertiary alicyclic amines) is 1. The van der Waals surface area contributed by atoms with Crippen LogP contribution < -0.4 is 9.47 Å². The molecule has 0 bridgehead atoms. The standard InChI is InChI=1S/C14H19NO3S/c1-9-4-3-5-10(2)15(9)14(16)13-12-11(8-19-13)17-6-7-18-12/h8-10H,3-7H2,1-2H3. The van der Waals surface area contributed by atoms with E-state index < -0.39 is 0 Å². The molecule has 2 unspecified atom stereocenters. The smallest absolute Gasteiger partial charge is 0.268 e. The van der Waals surface area contributed by atoms with Gasteiger partial charge in [-0.25, -0.2) is 0 Å². The number of nitrogens with zero attached hydrogens (tertiary/aromatic N) is 1. The van der Waals surface area contributed by atoms with Crippen molar-refractivity contribution in [3.8, 4) is 11.5 Å². The fourth-order valence-corrected chi connectivity index (χ4v) is 3.82. The fourth-order valence-electron chi connectivity index (χ4n) is 2.95. The quantitative estimate of drug-likeness (QED) is 0.794. The number of fused-ring (bicyclic) bond motifs is 1. The fraction of sp³-hybridized carbons (Fsp3) is 0.643. The van der Waals surface area contributed by atoms with Crippen LogP contribution in [0.25, 0.3) is 0 Å². The Kier molecular flexibility index (Phi) is 3.39. The second-order valence-corrected chi connectivity index (χ2v) is 6.18. The normalized spacial score (nSPS) is 26.3. The lowest BCUT2D eigenvalue weighted by molar-refractivity contribution is 0.0508. The highest BCUT2D eigenvalue weighted by Crippen LogP contribution is 2.41. The van der Waals surface area contributed by atoms with E-state index in [1.54, 1.807) is 0 Å². The largest absolute Gasteiger partial charge is 0.485 e. The van der Waals surface area contributed by atoms with Crippen LogP contribution in [0.15, 0.2) is 5.38 Å². The lowest BCUT2D eigenvalue weighted by atomic mass is 9.97. The molecule has 4 nitrogen and oxygen atoms in total. The van der Waals surface area contributed by atoms with Crippen molar-refractivity contribution in [3.05, 3.63) is 10.3 Å². The van der Waals surface area contributed by atoms with E-state index >= 15 is 0 Å². The van der Waals surface area contributed by atoms with Crippen molar-refractivity contribution >= 4 is 17.2 Å². The van der Waals surface area contributed by atoms with E-state index in [0.29, 0.717) is 35.9 Å². The molecular formula is C14H19NO3S. The van der Waals surface area contributed by atoms with E-state index in [1.165, 1.54) is 17.8 Å². The molecular weight excluding hydrogens is 262 g/mol. The minimum atomic E-state index is 0.0939. The van der Waals surface area contributed by atoms with Crippen molar-refractivity contribution in [2.24, 2.45) is 0 Å². The van der Waals surface area contributed by atoms with Gasteiger partial charge in [0.1, 0.15) is 18.1 Å². The maximum atomic E-state index is 12.8. The molecule has 0 saturated carbocycles. The highest BCUT2D eigenvalue weighted by molar-refractivity contribution is 7.12. The van der Waals surface area contributed by atoms with Gasteiger partial charge in [0.15, 0.2) is 11.5 Å². The van der Waals surface area contributed by atoms with E-state index in [1.807, 2.05) is 10.3 Å². The predicted molar refractivity (Wildman–Crippen MR) is 74.3 cm³/mol. The molecule has 1 fully saturated rings. The lowest BCUT2D eigenvalue weighted by Gasteiger charge is -2.39. The minimum Gasteiger partial charge on any atom is -0.485 e. The Bertz CT molecular complexity index is 475. The maximum Gasteiger partial charge on any atom is 0.268 e. The third-order valence-corrected chi connectivity index (χ3v) is 4.85. The van der Waals surface area contributed by atoms with E-state index in [0.717, 1.165) is 18.6 Å². The van der Waals surface area contributed by atoms with Crippen LogP contribution in [0.5, 0.6) is 11.5 Å². The molecule has 5 heteroatoms. The zero-order valence-corrected chi connectivity index (χ0v) is 12.2. The molecule has 0 aromatic carbocycles. The first-order valence-electron chi connectivity index (χ1n) is 6.88. The van der Waals surface area contributed by atoms with Crippen LogP contribution in [-0.4, -0.2) is 36.1 Å². The van der Waals surface area contributed by atoms with E-state index in [-0.39, 0.29) is 5.91 Å². The van der Waals surface area contributed by atoms with Gasteiger partial charge in [-0.3, -0.25) is 4.79 Å². The molecule has 19 heavy (non-hydrogen) atoms. The van der Waals surface area contributed by atoms with Crippen LogP contribution in [0.3, 0.4) is 0 Å². The van der Waals surface area contributed by atoms with Crippen molar-refractivity contribution in [2.75, 3.05) is 13.2 Å². The molecule has 1 aromatic heterocycles. The Morgan fingerprint density at radius 3 is 2.68 bits per heavy atom. The van der Waals surface area contributed by atoms with Crippen LogP contribution in [0.2, 0.25) is 0 Å². The zero-order valence-electron chi connectivity index (χ0n) is 11.3. The molecule has 0 aliphatic carbocycles. The van der Waals surface area contributed by atoms with Crippen molar-refractivity contribution in [2.45, 2.75) is 45.2 Å². The highest BCUT2D eigenvalue weighted by Gasteiger charge is 2.33. The second kappa shape index (κ2) is 5.04. The summed E-state index contributed by atoms with van der Waals surface area (Å²) in [5, 5.41) is 1.88. The SMILES string of the molecule is CC1CCCC(C)N1C(=O)c1scc2c1OCCO2. The van der Waals surface area contributed by atoms with Gasteiger partial charge in [-0.05, 0) is 33.1 Å². The van der Waals surface area contributed by atoms with Crippen LogP contribution in [0.1, 0.15) is 42.8 Å². The number of amides is 1. The molecule has 2 aliphatic rings. The minimum absolute atomic E-state index is 0.0939. The van der Waals surface area contributed by atoms with E-state index in [2.05, 4.69) is 13.8 Å². The van der Waals surface area contributed by atoms with Gasteiger partial charge in [-0.2, -0.15) is 0 Å². The number of thiophene rings is 1. The summed E-state index contributed by atoms with van der Waals surface area (Å²) in [5.41, 5.74) is 0. The number of piperidine rings is 1. The molecule has 2 atom stereocenters. The van der Waals surface area contributed by atoms with Gasteiger partial charge in [0.2, 0.25) is 0 Å². The Balaban J connectivity index is 1.89. The summed E-state index contributed by atoms with van der Waals surface area (Å²) >= 11 is 1.43. The summed E-state index contributed by atoms with van der Waals surface area (Å²) in [6.45, 7) is 5.35. The van der Waals surface area contributed by atoms with Crippen molar-refractivity contribution in [3.63, 3.8) is 0 Å². The highest BCUT2D eigenvalue weighted by atomic mass is 32.1. The molecule has 0 radical (unpaired) electrons. The number of carbonyl (C=O) groups is 1. The molecule has 1 aromatic rings. The van der Waals surface area contributed by atoms with Gasteiger partial charge in [0.25, 0.3) is 5.91 Å². The number of hydrogen-bond donors (Lipinski definition) is 0. The predicted octanol–water partition coefficient (Wildman–Crippen LogP) is 2.92. The Labute approximate surface area is 117 Å². The Morgan fingerprint density at radius 2 is 1.95 bits per heavy atom. The third-order valence-electron chi connectivity index (χ3n) is 3.92. The van der Waals surface area contributed by atoms with Crippen molar-refractivity contribution in [1.29, 1.82) is 0 Å². The average molecular weight is 281 g/mol. The molecule has 1 amide bonds. The van der Waals surface area contributed by atoms with Crippen molar-refractivity contribution in [1.82, 2.24) is 4.90 Å². The Morgan fingerprint density at radius 1 is 1.26 bits per heavy atom. The molecule has 0 spiro atoms. The molecule has 1 saturated heterocycles. The van der Waals surface area contributed by atoms with Gasteiger partial charge < -0.3 is 14.4 Å². The van der Waals surface area contributed by atoms with Crippen LogP contribution in [0.4, 0.5) is 0 Å². The summed E-state index contributed by atoms with van der Waals surface area (Å²) < 4.78 is 11.1. The monoisotopic (exact) mass is 281 g/mol. The average Bonchev–Trinajstić information content (AvgIpc) is 2.82. The van der Waals surface area contributed by atoms with Gasteiger partial charge in [0, 0.05) is 17.5 Å². The number of rotatable bonds is 1. The summed E-state index contributed by atoms with van der Waals surface area (Å²) in [6.07, 6.45) is 3.37. The van der Waals surface area contributed by atoms with Crippen LogP contribution in [0, 0.1) is 0 Å². The number of hydrogen-bond acceptors (Lipinski definition) is 4. The summed E-state index contributed by atoms with van der Waals surface area (Å²) in [6, 6.07) is 0.608. The molecule has 0 N–H and O–H groups in total. The van der Waals surface area contributed by atoms with E-state index in [9.17, 15) is 4.79 Å². The van der Waals surface area contributed by atoms with Crippen molar-refractivity contribution < 1.29 is 14.3 Å². The lowest BCUT2D eigenvalue weighted by Crippen LogP contribution is -2.47. The van der Waals surface area contributed by atoms with Gasteiger partial charge in [-0.15, -0.1) is 11.3 Å². The summed E-state index contributed by atoms with van der Waals surface area (Å²) in [7, 11) is 0. The van der Waals surface area contributed by atoms with Crippen LogP contribution >= 0.6 is 11.3 Å². The molecule has 2 aliphatic heterocycles. The summed E-state index contributed by atoms with van der Waals surface area (Å²) in [4.78, 5) is 15.5. The topological polar surface area (TPSA) is 38.8 Å². The number of ether oxygens (including phenoxy) is 2. The van der Waals surface area contributed by atoms with Gasteiger partial charge in [0.05, 0.1) is 0 Å². The first kappa shape index (κ1) is 12.8.